The van der Waals surface area contributed by atoms with E-state index in [0.717, 1.165) is 17.8 Å². The maximum Gasteiger partial charge on any atom is -0.0414 e. The van der Waals surface area contributed by atoms with Crippen LogP contribution in [0.25, 0.3) is 0 Å². The van der Waals surface area contributed by atoms with Gasteiger partial charge in [-0.2, -0.15) is 0 Å². The topological polar surface area (TPSA) is 0 Å². The summed E-state index contributed by atoms with van der Waals surface area (Å²) in [6.45, 7) is 11.8. The Morgan fingerprint density at radius 3 is 1.48 bits per heavy atom. The SMILES string of the molecule is CCCCCCCC(CCCCCC)CCC(C)C(C)C. The summed E-state index contributed by atoms with van der Waals surface area (Å²) in [4.78, 5) is 0. The van der Waals surface area contributed by atoms with Crippen molar-refractivity contribution in [1.82, 2.24) is 0 Å². The molecule has 0 saturated heterocycles. The summed E-state index contributed by atoms with van der Waals surface area (Å²) < 4.78 is 0. The van der Waals surface area contributed by atoms with Gasteiger partial charge in [-0.25, -0.2) is 0 Å². The Morgan fingerprint density at radius 1 is 0.524 bits per heavy atom. The molecule has 0 bridgehead atoms. The summed E-state index contributed by atoms with van der Waals surface area (Å²) in [5.41, 5.74) is 0. The largest absolute Gasteiger partial charge is 0.0654 e. The molecule has 0 aromatic carbocycles. The van der Waals surface area contributed by atoms with Crippen LogP contribution in [0.2, 0.25) is 0 Å². The molecule has 0 radical (unpaired) electrons. The van der Waals surface area contributed by atoms with E-state index in [4.69, 9.17) is 0 Å². The maximum absolute atomic E-state index is 2.44. The van der Waals surface area contributed by atoms with E-state index >= 15 is 0 Å². The Labute approximate surface area is 136 Å². The number of hydrogen-bond acceptors (Lipinski definition) is 0. The van der Waals surface area contributed by atoms with E-state index < -0.39 is 0 Å². The molecular formula is C21H44. The zero-order valence-corrected chi connectivity index (χ0v) is 15.9. The second-order valence-corrected chi connectivity index (χ2v) is 7.72. The molecule has 0 aliphatic carbocycles. The third-order valence-electron chi connectivity index (χ3n) is 5.35. The van der Waals surface area contributed by atoms with E-state index in [2.05, 4.69) is 34.6 Å². The van der Waals surface area contributed by atoms with Crippen molar-refractivity contribution in [2.24, 2.45) is 17.8 Å². The molecule has 0 N–H and O–H groups in total. The first-order valence-corrected chi connectivity index (χ1v) is 10.1. The highest BCUT2D eigenvalue weighted by molar-refractivity contribution is 4.65. The van der Waals surface area contributed by atoms with Gasteiger partial charge in [-0.15, -0.1) is 0 Å². The first-order chi connectivity index (χ1) is 10.1. The molecule has 2 unspecified atom stereocenters. The maximum atomic E-state index is 2.44. The molecule has 0 rings (SSSR count). The van der Waals surface area contributed by atoms with E-state index in [9.17, 15) is 0 Å². The van der Waals surface area contributed by atoms with Gasteiger partial charge in [-0.1, -0.05) is 118 Å². The first kappa shape index (κ1) is 21.0. The first-order valence-electron chi connectivity index (χ1n) is 10.1. The molecule has 0 spiro atoms. The second kappa shape index (κ2) is 14.9. The predicted molar refractivity (Wildman–Crippen MR) is 98.9 cm³/mol. The Hall–Kier alpha value is 0. The quantitative estimate of drug-likeness (QED) is 0.268. The van der Waals surface area contributed by atoms with Crippen LogP contribution in [0.4, 0.5) is 0 Å². The lowest BCUT2D eigenvalue weighted by molar-refractivity contribution is 0.311. The van der Waals surface area contributed by atoms with Crippen molar-refractivity contribution in [3.8, 4) is 0 Å². The number of rotatable bonds is 15. The zero-order chi connectivity index (χ0) is 15.9. The summed E-state index contributed by atoms with van der Waals surface area (Å²) in [6.07, 6.45) is 18.9. The van der Waals surface area contributed by atoms with E-state index in [1.807, 2.05) is 0 Å². The number of hydrogen-bond donors (Lipinski definition) is 0. The molecule has 0 aromatic heterocycles. The van der Waals surface area contributed by atoms with Crippen LogP contribution in [-0.2, 0) is 0 Å². The van der Waals surface area contributed by atoms with Gasteiger partial charge in [0.05, 0.1) is 0 Å². The molecule has 0 heteroatoms. The minimum Gasteiger partial charge on any atom is -0.0654 e. The smallest absolute Gasteiger partial charge is 0.0414 e. The normalized spacial score (nSPS) is 14.6. The van der Waals surface area contributed by atoms with E-state index in [1.54, 1.807) is 0 Å². The average molecular weight is 297 g/mol. The lowest BCUT2D eigenvalue weighted by atomic mass is 9.85. The van der Waals surface area contributed by atoms with E-state index in [1.165, 1.54) is 83.5 Å². The highest BCUT2D eigenvalue weighted by Crippen LogP contribution is 2.26. The lowest BCUT2D eigenvalue weighted by Crippen LogP contribution is -2.08. The second-order valence-electron chi connectivity index (χ2n) is 7.72. The monoisotopic (exact) mass is 296 g/mol. The molecule has 128 valence electrons. The summed E-state index contributed by atoms with van der Waals surface area (Å²) in [7, 11) is 0. The van der Waals surface area contributed by atoms with Gasteiger partial charge in [-0.3, -0.25) is 0 Å². The van der Waals surface area contributed by atoms with Crippen LogP contribution in [-0.4, -0.2) is 0 Å². The fourth-order valence-electron chi connectivity index (χ4n) is 3.16. The summed E-state index contributed by atoms with van der Waals surface area (Å²) >= 11 is 0. The number of unbranched alkanes of at least 4 members (excludes halogenated alkanes) is 7. The van der Waals surface area contributed by atoms with Crippen LogP contribution in [0.1, 0.15) is 118 Å². The minimum absolute atomic E-state index is 0.857. The van der Waals surface area contributed by atoms with Crippen molar-refractivity contribution in [1.29, 1.82) is 0 Å². The summed E-state index contributed by atoms with van der Waals surface area (Å²) in [5, 5.41) is 0. The highest BCUT2D eigenvalue weighted by Gasteiger charge is 2.13. The fourth-order valence-corrected chi connectivity index (χ4v) is 3.16. The van der Waals surface area contributed by atoms with Gasteiger partial charge in [0.25, 0.3) is 0 Å². The van der Waals surface area contributed by atoms with Gasteiger partial charge < -0.3 is 0 Å². The standard InChI is InChI=1S/C21H44/c1-6-8-10-12-14-16-21(15-13-11-9-7-2)18-17-20(5)19(3)4/h19-21H,6-18H2,1-5H3. The van der Waals surface area contributed by atoms with Gasteiger partial charge in [0.15, 0.2) is 0 Å². The van der Waals surface area contributed by atoms with Crippen LogP contribution in [0, 0.1) is 17.8 Å². The van der Waals surface area contributed by atoms with Gasteiger partial charge in [0.1, 0.15) is 0 Å². The molecule has 0 fully saturated rings. The molecule has 2 atom stereocenters. The van der Waals surface area contributed by atoms with Crippen LogP contribution >= 0.6 is 0 Å². The minimum atomic E-state index is 0.857. The molecule has 0 heterocycles. The van der Waals surface area contributed by atoms with Crippen LogP contribution in [0.5, 0.6) is 0 Å². The van der Waals surface area contributed by atoms with Crippen LogP contribution in [0.3, 0.4) is 0 Å². The van der Waals surface area contributed by atoms with E-state index in [-0.39, 0.29) is 0 Å². The van der Waals surface area contributed by atoms with E-state index in [0.29, 0.717) is 0 Å². The zero-order valence-electron chi connectivity index (χ0n) is 15.9. The van der Waals surface area contributed by atoms with Crippen LogP contribution in [0.15, 0.2) is 0 Å². The van der Waals surface area contributed by atoms with Crippen molar-refractivity contribution in [3.05, 3.63) is 0 Å². The van der Waals surface area contributed by atoms with Crippen molar-refractivity contribution < 1.29 is 0 Å². The van der Waals surface area contributed by atoms with Gasteiger partial charge in [0.2, 0.25) is 0 Å². The summed E-state index contributed by atoms with van der Waals surface area (Å²) in [5.74, 6) is 2.78. The molecule has 0 aliphatic rings. The van der Waals surface area contributed by atoms with Crippen LogP contribution < -0.4 is 0 Å². The molecule has 0 nitrogen and oxygen atoms in total. The van der Waals surface area contributed by atoms with Crippen molar-refractivity contribution >= 4 is 0 Å². The molecule has 0 amide bonds. The third-order valence-corrected chi connectivity index (χ3v) is 5.35. The van der Waals surface area contributed by atoms with Gasteiger partial charge in [0, 0.05) is 0 Å². The predicted octanol–water partition coefficient (Wildman–Crippen LogP) is 8.01. The van der Waals surface area contributed by atoms with Gasteiger partial charge in [-0.05, 0) is 17.8 Å². The third kappa shape index (κ3) is 13.4. The lowest BCUT2D eigenvalue weighted by Gasteiger charge is -2.21. The van der Waals surface area contributed by atoms with Crippen molar-refractivity contribution in [2.45, 2.75) is 118 Å². The summed E-state index contributed by atoms with van der Waals surface area (Å²) in [6, 6.07) is 0. The Morgan fingerprint density at radius 2 is 1.00 bits per heavy atom. The average Bonchev–Trinajstić information content (AvgIpc) is 2.47. The Kier molecular flexibility index (Phi) is 14.9. The Bertz CT molecular complexity index is 194. The molecule has 0 aromatic rings. The molecule has 0 saturated carbocycles. The van der Waals surface area contributed by atoms with Crippen molar-refractivity contribution in [3.63, 3.8) is 0 Å². The molecular weight excluding hydrogens is 252 g/mol. The fraction of sp³-hybridized carbons (Fsp3) is 1.00. The molecule has 21 heavy (non-hydrogen) atoms. The molecule has 0 aliphatic heterocycles. The highest BCUT2D eigenvalue weighted by atomic mass is 14.2. The van der Waals surface area contributed by atoms with Gasteiger partial charge >= 0.3 is 0 Å². The Balaban J connectivity index is 3.90. The van der Waals surface area contributed by atoms with Crippen molar-refractivity contribution in [2.75, 3.05) is 0 Å².